The molecule has 1 atom stereocenters. The zero-order valence-corrected chi connectivity index (χ0v) is 17.3. The largest absolute Gasteiger partial charge is 0.347 e. The van der Waals surface area contributed by atoms with Crippen molar-refractivity contribution >= 4 is 5.91 Å². The number of fused-ring (bicyclic) bond motifs is 1. The monoisotopic (exact) mass is 394 g/mol. The van der Waals surface area contributed by atoms with E-state index in [0.717, 1.165) is 50.9 Å². The van der Waals surface area contributed by atoms with Crippen LogP contribution in [-0.2, 0) is 19.3 Å². The van der Waals surface area contributed by atoms with E-state index in [1.165, 1.54) is 11.1 Å². The summed E-state index contributed by atoms with van der Waals surface area (Å²) in [6, 6.07) is 11.0. The highest BCUT2D eigenvalue weighted by Gasteiger charge is 2.31. The van der Waals surface area contributed by atoms with Gasteiger partial charge in [0.1, 0.15) is 5.69 Å². The summed E-state index contributed by atoms with van der Waals surface area (Å²) >= 11 is 0. The van der Waals surface area contributed by atoms with E-state index in [1.807, 2.05) is 0 Å². The van der Waals surface area contributed by atoms with Crippen LogP contribution in [0.5, 0.6) is 0 Å². The molecule has 1 aromatic carbocycles. The average Bonchev–Trinajstić information content (AvgIpc) is 3.11. The molecule has 6 heteroatoms. The number of likely N-dealkylation sites (tertiary alicyclic amines) is 1. The van der Waals surface area contributed by atoms with Crippen molar-refractivity contribution in [3.05, 3.63) is 63.3 Å². The van der Waals surface area contributed by atoms with Crippen LogP contribution < -0.4 is 11.0 Å². The van der Waals surface area contributed by atoms with E-state index in [2.05, 4.69) is 58.3 Å². The molecule has 0 radical (unpaired) electrons. The number of piperidine rings is 1. The fourth-order valence-corrected chi connectivity index (χ4v) is 4.68. The van der Waals surface area contributed by atoms with Crippen LogP contribution in [0.4, 0.5) is 0 Å². The van der Waals surface area contributed by atoms with E-state index in [0.29, 0.717) is 12.0 Å². The lowest BCUT2D eigenvalue weighted by Crippen LogP contribution is -2.51. The molecule has 4 rings (SSSR count). The lowest BCUT2D eigenvalue weighted by Gasteiger charge is -2.37. The number of carbonyl (C=O) groups excluding carboxylic acids is 1. The standard InChI is InChI=1S/C23H30N4O2/c1-15(2)10-19-13-21(26-23(29)25-19)22(28)24-18-8-5-9-27(14-18)20-11-16-6-3-4-7-17(16)12-20/h3-4,6-7,13,15,18,20H,5,8-12,14H2,1-2H3,(H,24,28)(H,25,26,29)/t18-/m0/s1. The summed E-state index contributed by atoms with van der Waals surface area (Å²) in [7, 11) is 0. The van der Waals surface area contributed by atoms with Gasteiger partial charge in [-0.25, -0.2) is 4.79 Å². The van der Waals surface area contributed by atoms with Gasteiger partial charge in [-0.2, -0.15) is 4.98 Å². The van der Waals surface area contributed by atoms with Crippen molar-refractivity contribution in [3.63, 3.8) is 0 Å². The third-order valence-corrected chi connectivity index (χ3v) is 6.00. The summed E-state index contributed by atoms with van der Waals surface area (Å²) in [5.41, 5.74) is 3.43. The first-order valence-electron chi connectivity index (χ1n) is 10.7. The Kier molecular flexibility index (Phi) is 5.81. The van der Waals surface area contributed by atoms with Crippen LogP contribution in [0.2, 0.25) is 0 Å². The van der Waals surface area contributed by atoms with E-state index in [9.17, 15) is 9.59 Å². The molecule has 0 saturated carbocycles. The van der Waals surface area contributed by atoms with Crippen molar-refractivity contribution in [2.24, 2.45) is 5.92 Å². The van der Waals surface area contributed by atoms with Crippen LogP contribution in [-0.4, -0.2) is 45.9 Å². The molecule has 0 unspecified atom stereocenters. The Bertz CT molecular complexity index is 911. The van der Waals surface area contributed by atoms with Crippen LogP contribution in [0, 0.1) is 5.92 Å². The molecule has 2 aliphatic rings. The maximum absolute atomic E-state index is 12.8. The van der Waals surface area contributed by atoms with E-state index in [-0.39, 0.29) is 17.6 Å². The second-order valence-electron chi connectivity index (χ2n) is 8.83. The quantitative estimate of drug-likeness (QED) is 0.816. The molecule has 1 aliphatic carbocycles. The normalized spacial score (nSPS) is 20.0. The first kappa shape index (κ1) is 19.8. The second-order valence-corrected chi connectivity index (χ2v) is 8.83. The number of aromatic nitrogens is 2. The van der Waals surface area contributed by atoms with Crippen LogP contribution in [0.15, 0.2) is 35.1 Å². The van der Waals surface area contributed by atoms with E-state index < -0.39 is 5.69 Å². The van der Waals surface area contributed by atoms with Gasteiger partial charge >= 0.3 is 5.69 Å². The molecule has 6 nitrogen and oxygen atoms in total. The van der Waals surface area contributed by atoms with Crippen molar-refractivity contribution in [3.8, 4) is 0 Å². The number of hydrogen-bond donors (Lipinski definition) is 2. The summed E-state index contributed by atoms with van der Waals surface area (Å²) in [5, 5.41) is 3.12. The van der Waals surface area contributed by atoms with Gasteiger partial charge < -0.3 is 10.3 Å². The van der Waals surface area contributed by atoms with Crippen molar-refractivity contribution in [1.29, 1.82) is 0 Å². The van der Waals surface area contributed by atoms with Crippen LogP contribution in [0.25, 0.3) is 0 Å². The molecular weight excluding hydrogens is 364 g/mol. The van der Waals surface area contributed by atoms with Crippen molar-refractivity contribution < 1.29 is 4.79 Å². The van der Waals surface area contributed by atoms with Crippen molar-refractivity contribution in [2.45, 2.75) is 58.0 Å². The van der Waals surface area contributed by atoms with E-state index in [1.54, 1.807) is 6.07 Å². The summed E-state index contributed by atoms with van der Waals surface area (Å²) in [6.07, 6.45) is 4.93. The lowest BCUT2D eigenvalue weighted by atomic mass is 10.0. The van der Waals surface area contributed by atoms with Gasteiger partial charge in [0.05, 0.1) is 0 Å². The highest BCUT2D eigenvalue weighted by molar-refractivity contribution is 5.92. The minimum absolute atomic E-state index is 0.0922. The minimum atomic E-state index is -0.456. The van der Waals surface area contributed by atoms with Crippen LogP contribution >= 0.6 is 0 Å². The van der Waals surface area contributed by atoms with E-state index in [4.69, 9.17) is 0 Å². The van der Waals surface area contributed by atoms with Gasteiger partial charge in [-0.05, 0) is 61.8 Å². The topological polar surface area (TPSA) is 78.1 Å². The second kappa shape index (κ2) is 8.49. The number of rotatable bonds is 5. The number of nitrogens with zero attached hydrogens (tertiary/aromatic N) is 2. The van der Waals surface area contributed by atoms with Crippen molar-refractivity contribution in [1.82, 2.24) is 20.2 Å². The van der Waals surface area contributed by atoms with E-state index >= 15 is 0 Å². The number of carbonyl (C=O) groups is 1. The maximum Gasteiger partial charge on any atom is 0.345 e. The predicted octanol–water partition coefficient (Wildman–Crippen LogP) is 2.33. The molecule has 0 bridgehead atoms. The molecule has 2 heterocycles. The molecule has 0 spiro atoms. The number of amides is 1. The van der Waals surface area contributed by atoms with Gasteiger partial charge in [-0.3, -0.25) is 9.69 Å². The number of H-pyrrole nitrogens is 1. The Hall–Kier alpha value is -2.47. The number of hydrogen-bond acceptors (Lipinski definition) is 4. The Morgan fingerprint density at radius 3 is 2.69 bits per heavy atom. The molecule has 29 heavy (non-hydrogen) atoms. The zero-order chi connectivity index (χ0) is 20.4. The molecule has 1 amide bonds. The molecule has 1 saturated heterocycles. The molecule has 2 N–H and O–H groups in total. The molecule has 1 aromatic heterocycles. The highest BCUT2D eigenvalue weighted by Crippen LogP contribution is 2.27. The molecule has 2 aromatic rings. The summed E-state index contributed by atoms with van der Waals surface area (Å²) in [5.74, 6) is 0.147. The Labute approximate surface area is 171 Å². The molecule has 1 aliphatic heterocycles. The predicted molar refractivity (Wildman–Crippen MR) is 113 cm³/mol. The number of nitrogens with one attached hydrogen (secondary N) is 2. The zero-order valence-electron chi connectivity index (χ0n) is 17.3. The SMILES string of the molecule is CC(C)Cc1cc(C(=O)N[C@H]2CCCN(C3Cc4ccccc4C3)C2)nc(=O)[nH]1. The summed E-state index contributed by atoms with van der Waals surface area (Å²) in [4.78, 5) is 33.8. The fourth-order valence-electron chi connectivity index (χ4n) is 4.68. The highest BCUT2D eigenvalue weighted by atomic mass is 16.2. The van der Waals surface area contributed by atoms with Crippen molar-refractivity contribution in [2.75, 3.05) is 13.1 Å². The Balaban J connectivity index is 1.39. The van der Waals surface area contributed by atoms with Gasteiger partial charge in [0.25, 0.3) is 5.91 Å². The average molecular weight is 395 g/mol. The van der Waals surface area contributed by atoms with Gasteiger partial charge in [-0.15, -0.1) is 0 Å². The lowest BCUT2D eigenvalue weighted by molar-refractivity contribution is 0.0871. The Morgan fingerprint density at radius 1 is 1.28 bits per heavy atom. The van der Waals surface area contributed by atoms with Crippen LogP contribution in [0.1, 0.15) is 54.0 Å². The molecule has 1 fully saturated rings. The van der Waals surface area contributed by atoms with Gasteiger partial charge in [0.2, 0.25) is 0 Å². The maximum atomic E-state index is 12.8. The number of benzene rings is 1. The van der Waals surface area contributed by atoms with Gasteiger partial charge in [0.15, 0.2) is 0 Å². The van der Waals surface area contributed by atoms with Gasteiger partial charge in [0, 0.05) is 24.3 Å². The third kappa shape index (κ3) is 4.75. The third-order valence-electron chi connectivity index (χ3n) is 6.00. The van der Waals surface area contributed by atoms with Gasteiger partial charge in [-0.1, -0.05) is 38.1 Å². The first-order valence-corrected chi connectivity index (χ1v) is 10.7. The smallest absolute Gasteiger partial charge is 0.345 e. The number of aromatic amines is 1. The summed E-state index contributed by atoms with van der Waals surface area (Å²) in [6.45, 7) is 6.09. The minimum Gasteiger partial charge on any atom is -0.347 e. The first-order chi connectivity index (χ1) is 14.0. The Morgan fingerprint density at radius 2 is 2.00 bits per heavy atom. The molecule has 154 valence electrons. The summed E-state index contributed by atoms with van der Waals surface area (Å²) < 4.78 is 0. The molecular formula is C23H30N4O2. The van der Waals surface area contributed by atoms with Crippen LogP contribution in [0.3, 0.4) is 0 Å². The fraction of sp³-hybridized carbons (Fsp3) is 0.522.